The van der Waals surface area contributed by atoms with Crippen LogP contribution in [0, 0.1) is 11.3 Å². The summed E-state index contributed by atoms with van der Waals surface area (Å²) in [6, 6.07) is 20.7. The highest BCUT2D eigenvalue weighted by Crippen LogP contribution is 2.32. The van der Waals surface area contributed by atoms with E-state index in [-0.39, 0.29) is 11.1 Å². The lowest BCUT2D eigenvalue weighted by Crippen LogP contribution is -2.07. The summed E-state index contributed by atoms with van der Waals surface area (Å²) in [6.45, 7) is 0. The molecule has 0 saturated carbocycles. The Morgan fingerprint density at radius 2 is 1.64 bits per heavy atom. The number of carbonyl (C=O) groups excluding carboxylic acids is 2. The van der Waals surface area contributed by atoms with Gasteiger partial charge in [0.25, 0.3) is 0 Å². The molecule has 0 fully saturated rings. The number of fused-ring (bicyclic) bond motifs is 1. The van der Waals surface area contributed by atoms with E-state index in [9.17, 15) is 14.9 Å². The van der Waals surface area contributed by atoms with Gasteiger partial charge in [-0.2, -0.15) is 5.26 Å². The third-order valence-corrected chi connectivity index (χ3v) is 5.90. The van der Waals surface area contributed by atoms with Gasteiger partial charge in [0.2, 0.25) is 0 Å². The molecule has 0 bridgehead atoms. The predicted octanol–water partition coefficient (Wildman–Crippen LogP) is 5.60. The van der Waals surface area contributed by atoms with E-state index in [1.807, 2.05) is 47.8 Å². The van der Waals surface area contributed by atoms with E-state index in [0.717, 1.165) is 22.0 Å². The molecule has 33 heavy (non-hydrogen) atoms. The minimum absolute atomic E-state index is 0.180. The van der Waals surface area contributed by atoms with Gasteiger partial charge in [0.05, 0.1) is 36.6 Å². The van der Waals surface area contributed by atoms with E-state index in [1.54, 1.807) is 18.2 Å². The van der Waals surface area contributed by atoms with Crippen LogP contribution >= 0.6 is 11.3 Å². The summed E-state index contributed by atoms with van der Waals surface area (Å²) in [4.78, 5) is 28.8. The Bertz CT molecular complexity index is 1410. The first-order chi connectivity index (χ1) is 16.0. The molecule has 0 spiro atoms. The topological polar surface area (TPSA) is 89.3 Å². The summed E-state index contributed by atoms with van der Waals surface area (Å²) in [5.41, 5.74) is 2.90. The van der Waals surface area contributed by atoms with Crippen LogP contribution in [0.4, 0.5) is 0 Å². The largest absolute Gasteiger partial charge is 0.465 e. The zero-order valence-electron chi connectivity index (χ0n) is 17.9. The fourth-order valence-electron chi connectivity index (χ4n) is 3.48. The van der Waals surface area contributed by atoms with Crippen LogP contribution in [0.3, 0.4) is 0 Å². The maximum absolute atomic E-state index is 12.1. The number of rotatable bonds is 5. The standard InChI is InChI=1S/C26H18N2O4S/c1-31-25(29)18-10-16(11-19(13-18)26(30)32-2)12-20(14-27)24-28-23(15-33-24)22-9-5-7-17-6-3-4-8-21(17)22/h3-13,15H,1-2H3. The van der Waals surface area contributed by atoms with Crippen molar-refractivity contribution in [2.24, 2.45) is 0 Å². The summed E-state index contributed by atoms with van der Waals surface area (Å²) in [5, 5.41) is 14.4. The average Bonchev–Trinajstić information content (AvgIpc) is 3.35. The lowest BCUT2D eigenvalue weighted by atomic mass is 10.0. The first-order valence-electron chi connectivity index (χ1n) is 9.91. The molecule has 0 aliphatic rings. The monoisotopic (exact) mass is 454 g/mol. The molecule has 0 unspecified atom stereocenters. The van der Waals surface area contributed by atoms with Crippen molar-refractivity contribution >= 4 is 45.7 Å². The van der Waals surface area contributed by atoms with Gasteiger partial charge in [0, 0.05) is 10.9 Å². The molecule has 0 N–H and O–H groups in total. The first kappa shape index (κ1) is 21.9. The van der Waals surface area contributed by atoms with Crippen LogP contribution in [0.15, 0.2) is 66.0 Å². The van der Waals surface area contributed by atoms with Gasteiger partial charge in [-0.15, -0.1) is 11.3 Å². The molecule has 1 heterocycles. The number of carbonyl (C=O) groups is 2. The molecule has 6 nitrogen and oxygen atoms in total. The summed E-state index contributed by atoms with van der Waals surface area (Å²) < 4.78 is 9.55. The van der Waals surface area contributed by atoms with Gasteiger partial charge in [-0.3, -0.25) is 0 Å². The average molecular weight is 455 g/mol. The highest BCUT2D eigenvalue weighted by molar-refractivity contribution is 7.11. The smallest absolute Gasteiger partial charge is 0.337 e. The van der Waals surface area contributed by atoms with Gasteiger partial charge in [-0.25, -0.2) is 14.6 Å². The summed E-state index contributed by atoms with van der Waals surface area (Å²) in [5.74, 6) is -1.19. The SMILES string of the molecule is COC(=O)c1cc(C=C(C#N)c2nc(-c3cccc4ccccc34)cs2)cc(C(=O)OC)c1. The molecule has 7 heteroatoms. The van der Waals surface area contributed by atoms with Crippen LogP contribution in [0.25, 0.3) is 33.7 Å². The quantitative estimate of drug-likeness (QED) is 0.288. The molecule has 0 saturated heterocycles. The van der Waals surface area contributed by atoms with Gasteiger partial charge in [-0.1, -0.05) is 42.5 Å². The normalized spacial score (nSPS) is 11.1. The predicted molar refractivity (Wildman–Crippen MR) is 128 cm³/mol. The van der Waals surface area contributed by atoms with Gasteiger partial charge in [0.15, 0.2) is 0 Å². The fourth-order valence-corrected chi connectivity index (χ4v) is 4.27. The van der Waals surface area contributed by atoms with E-state index in [4.69, 9.17) is 9.47 Å². The summed E-state index contributed by atoms with van der Waals surface area (Å²) in [7, 11) is 2.52. The third-order valence-electron chi connectivity index (χ3n) is 5.03. The third kappa shape index (κ3) is 4.52. The maximum Gasteiger partial charge on any atom is 0.337 e. The van der Waals surface area contributed by atoms with Gasteiger partial charge < -0.3 is 9.47 Å². The molecule has 0 aliphatic heterocycles. The Hall–Kier alpha value is -4.28. The number of nitrogens with zero attached hydrogens (tertiary/aromatic N) is 2. The van der Waals surface area contributed by atoms with Gasteiger partial charge >= 0.3 is 11.9 Å². The van der Waals surface area contributed by atoms with Crippen molar-refractivity contribution < 1.29 is 19.1 Å². The van der Waals surface area contributed by atoms with Crippen LogP contribution in [-0.2, 0) is 9.47 Å². The molecule has 4 aromatic rings. The Kier molecular flexibility index (Phi) is 6.29. The Morgan fingerprint density at radius 1 is 0.970 bits per heavy atom. The Labute approximate surface area is 194 Å². The number of thiazole rings is 1. The number of allylic oxidation sites excluding steroid dienone is 1. The lowest BCUT2D eigenvalue weighted by Gasteiger charge is -2.06. The van der Waals surface area contributed by atoms with Gasteiger partial charge in [-0.05, 0) is 40.6 Å². The second-order valence-electron chi connectivity index (χ2n) is 7.06. The van der Waals surface area contributed by atoms with Crippen molar-refractivity contribution in [2.45, 2.75) is 0 Å². The molecule has 0 amide bonds. The van der Waals surface area contributed by atoms with Crippen molar-refractivity contribution in [1.29, 1.82) is 5.26 Å². The zero-order valence-corrected chi connectivity index (χ0v) is 18.7. The fraction of sp³-hybridized carbons (Fsp3) is 0.0769. The van der Waals surface area contributed by atoms with E-state index < -0.39 is 11.9 Å². The number of benzene rings is 3. The molecule has 0 aliphatic carbocycles. The molecule has 3 aromatic carbocycles. The van der Waals surface area contributed by atoms with Crippen LogP contribution in [0.2, 0.25) is 0 Å². The number of hydrogen-bond acceptors (Lipinski definition) is 7. The Balaban J connectivity index is 1.77. The van der Waals surface area contributed by atoms with Crippen LogP contribution in [-0.4, -0.2) is 31.1 Å². The van der Waals surface area contributed by atoms with Crippen LogP contribution in [0.1, 0.15) is 31.3 Å². The molecule has 0 atom stereocenters. The van der Waals surface area contributed by atoms with E-state index in [2.05, 4.69) is 11.1 Å². The highest BCUT2D eigenvalue weighted by Gasteiger charge is 2.15. The van der Waals surface area contributed by atoms with Gasteiger partial charge in [0.1, 0.15) is 11.1 Å². The van der Waals surface area contributed by atoms with Crippen molar-refractivity contribution in [3.63, 3.8) is 0 Å². The summed E-state index contributed by atoms with van der Waals surface area (Å²) in [6.07, 6.45) is 1.59. The van der Waals surface area contributed by atoms with E-state index in [1.165, 1.54) is 31.6 Å². The minimum Gasteiger partial charge on any atom is -0.465 e. The number of aromatic nitrogens is 1. The molecular weight excluding hydrogens is 436 g/mol. The maximum atomic E-state index is 12.1. The summed E-state index contributed by atoms with van der Waals surface area (Å²) >= 11 is 1.35. The second kappa shape index (κ2) is 9.47. The van der Waals surface area contributed by atoms with Crippen LogP contribution < -0.4 is 0 Å². The number of nitriles is 1. The van der Waals surface area contributed by atoms with Crippen molar-refractivity contribution in [3.05, 3.63) is 87.7 Å². The van der Waals surface area contributed by atoms with Crippen molar-refractivity contribution in [3.8, 4) is 17.3 Å². The first-order valence-corrected chi connectivity index (χ1v) is 10.8. The van der Waals surface area contributed by atoms with Crippen LogP contribution in [0.5, 0.6) is 0 Å². The van der Waals surface area contributed by atoms with E-state index in [0.29, 0.717) is 16.1 Å². The minimum atomic E-state index is -0.596. The zero-order chi connectivity index (χ0) is 23.4. The molecule has 162 valence electrons. The van der Waals surface area contributed by atoms with Crippen molar-refractivity contribution in [2.75, 3.05) is 14.2 Å². The molecule has 4 rings (SSSR count). The number of esters is 2. The number of ether oxygens (including phenoxy) is 2. The molecule has 1 aromatic heterocycles. The van der Waals surface area contributed by atoms with Crippen molar-refractivity contribution in [1.82, 2.24) is 4.98 Å². The number of methoxy groups -OCH3 is 2. The lowest BCUT2D eigenvalue weighted by molar-refractivity contribution is 0.0599. The molecular formula is C26H18N2O4S. The Morgan fingerprint density at radius 3 is 2.30 bits per heavy atom. The highest BCUT2D eigenvalue weighted by atomic mass is 32.1. The number of hydrogen-bond donors (Lipinski definition) is 0. The van der Waals surface area contributed by atoms with E-state index >= 15 is 0 Å². The molecule has 0 radical (unpaired) electrons. The second-order valence-corrected chi connectivity index (χ2v) is 7.92.